The molecule has 0 amide bonds. The summed E-state index contributed by atoms with van der Waals surface area (Å²) in [7, 11) is 4.39. The van der Waals surface area contributed by atoms with E-state index in [4.69, 9.17) is 4.98 Å². The van der Waals surface area contributed by atoms with Crippen molar-refractivity contribution in [2.45, 2.75) is 50.2 Å². The molecule has 2 aliphatic rings. The standard InChI is InChI=1S/C23H27N9/c1-30-15-5-3-6-16(30)12-17(11-15)31(2)23-24-14-20(27-29-23)18-7-8-21(32-10-4-9-26-32)22-19(18)13-25-28-22/h4,7-10,13-17H,3,5-6,11-12H2,1-2H3,(H,25,28)/t15-,16+,17?. The maximum atomic E-state index is 4.70. The van der Waals surface area contributed by atoms with E-state index in [1.54, 1.807) is 6.20 Å². The molecular weight excluding hydrogens is 402 g/mol. The number of hydrogen-bond donors (Lipinski definition) is 1. The maximum Gasteiger partial charge on any atom is 0.245 e. The monoisotopic (exact) mass is 429 g/mol. The summed E-state index contributed by atoms with van der Waals surface area (Å²) in [6.45, 7) is 0. The van der Waals surface area contributed by atoms with E-state index in [1.165, 1.54) is 32.1 Å². The van der Waals surface area contributed by atoms with Crippen LogP contribution in [0.2, 0.25) is 0 Å². The first-order valence-electron chi connectivity index (χ1n) is 11.3. The fourth-order valence-electron chi connectivity index (χ4n) is 5.47. The first kappa shape index (κ1) is 19.4. The third kappa shape index (κ3) is 3.15. The Balaban J connectivity index is 1.27. The van der Waals surface area contributed by atoms with Crippen molar-refractivity contribution in [1.82, 2.24) is 40.1 Å². The van der Waals surface area contributed by atoms with Crippen LogP contribution in [-0.4, -0.2) is 72.3 Å². The zero-order chi connectivity index (χ0) is 21.7. The van der Waals surface area contributed by atoms with Gasteiger partial charge in [0, 0.05) is 48.5 Å². The fraction of sp³-hybridized carbons (Fsp3) is 0.435. The molecule has 3 aromatic heterocycles. The summed E-state index contributed by atoms with van der Waals surface area (Å²) in [6, 6.07) is 7.75. The van der Waals surface area contributed by atoms with E-state index in [9.17, 15) is 0 Å². The van der Waals surface area contributed by atoms with Gasteiger partial charge in [-0.15, -0.1) is 10.2 Å². The van der Waals surface area contributed by atoms with Gasteiger partial charge in [0.25, 0.3) is 0 Å². The molecule has 1 aromatic carbocycles. The highest BCUT2D eigenvalue weighted by molar-refractivity contribution is 5.97. The van der Waals surface area contributed by atoms with Gasteiger partial charge in [-0.25, -0.2) is 9.67 Å². The second-order valence-corrected chi connectivity index (χ2v) is 9.03. The molecule has 1 unspecified atom stereocenters. The van der Waals surface area contributed by atoms with Gasteiger partial charge in [-0.05, 0) is 50.9 Å². The second kappa shape index (κ2) is 7.67. The Hall–Kier alpha value is -3.33. The van der Waals surface area contributed by atoms with Crippen LogP contribution in [0.4, 0.5) is 5.95 Å². The van der Waals surface area contributed by atoms with Crippen LogP contribution < -0.4 is 4.90 Å². The number of aromatic nitrogens is 7. The number of fused-ring (bicyclic) bond motifs is 3. The first-order valence-corrected chi connectivity index (χ1v) is 11.3. The van der Waals surface area contributed by atoms with Crippen molar-refractivity contribution in [2.24, 2.45) is 0 Å². The molecule has 2 aliphatic heterocycles. The highest BCUT2D eigenvalue weighted by Gasteiger charge is 2.38. The van der Waals surface area contributed by atoms with Crippen LogP contribution in [0, 0.1) is 0 Å². The van der Waals surface area contributed by atoms with Crippen molar-refractivity contribution < 1.29 is 0 Å². The Kier molecular flexibility index (Phi) is 4.64. The molecule has 9 nitrogen and oxygen atoms in total. The lowest BCUT2D eigenvalue weighted by atomic mass is 9.82. The summed E-state index contributed by atoms with van der Waals surface area (Å²) in [5.74, 6) is 0.693. The summed E-state index contributed by atoms with van der Waals surface area (Å²) >= 11 is 0. The van der Waals surface area contributed by atoms with Gasteiger partial charge in [0.2, 0.25) is 5.95 Å². The Labute approximate surface area is 186 Å². The van der Waals surface area contributed by atoms with Gasteiger partial charge >= 0.3 is 0 Å². The van der Waals surface area contributed by atoms with Crippen molar-refractivity contribution in [1.29, 1.82) is 0 Å². The van der Waals surface area contributed by atoms with E-state index >= 15 is 0 Å². The SMILES string of the molecule is CN(c1ncc(-c2ccc(-n3cccn3)c3[nH]ncc23)nn1)C1C[C@H]2CCC[C@@H](C1)N2C. The zero-order valence-corrected chi connectivity index (χ0v) is 18.4. The van der Waals surface area contributed by atoms with Crippen LogP contribution in [0.5, 0.6) is 0 Å². The summed E-state index contributed by atoms with van der Waals surface area (Å²) in [4.78, 5) is 9.51. The number of H-pyrrole nitrogens is 1. The first-order chi connectivity index (χ1) is 15.7. The van der Waals surface area contributed by atoms with Crippen molar-refractivity contribution >= 4 is 16.9 Å². The summed E-state index contributed by atoms with van der Waals surface area (Å²) in [6.07, 6.45) is 13.6. The topological polar surface area (TPSA) is 91.7 Å². The molecule has 0 radical (unpaired) electrons. The lowest BCUT2D eigenvalue weighted by Gasteiger charge is -2.49. The van der Waals surface area contributed by atoms with E-state index in [2.05, 4.69) is 49.4 Å². The number of aromatic amines is 1. The van der Waals surface area contributed by atoms with Crippen LogP contribution in [0.15, 0.2) is 43.0 Å². The van der Waals surface area contributed by atoms with E-state index in [0.29, 0.717) is 24.1 Å². The van der Waals surface area contributed by atoms with Gasteiger partial charge in [-0.1, -0.05) is 6.42 Å². The third-order valence-corrected chi connectivity index (χ3v) is 7.35. The Morgan fingerprint density at radius 2 is 1.94 bits per heavy atom. The number of anilines is 1. The zero-order valence-electron chi connectivity index (χ0n) is 18.4. The molecular formula is C23H27N9. The van der Waals surface area contributed by atoms with Crippen LogP contribution in [0.25, 0.3) is 27.8 Å². The summed E-state index contributed by atoms with van der Waals surface area (Å²) in [5.41, 5.74) is 3.54. The van der Waals surface area contributed by atoms with Crippen molar-refractivity contribution in [2.75, 3.05) is 19.0 Å². The maximum absolute atomic E-state index is 4.70. The van der Waals surface area contributed by atoms with Crippen molar-refractivity contribution in [3.05, 3.63) is 43.0 Å². The minimum atomic E-state index is 0.461. The van der Waals surface area contributed by atoms with E-state index in [1.807, 2.05) is 41.5 Å². The highest BCUT2D eigenvalue weighted by atomic mass is 15.3. The van der Waals surface area contributed by atoms with Crippen LogP contribution in [0.1, 0.15) is 32.1 Å². The molecule has 9 heteroatoms. The molecule has 1 N–H and O–H groups in total. The minimum Gasteiger partial charge on any atom is -0.339 e. The van der Waals surface area contributed by atoms with Gasteiger partial charge in [0.1, 0.15) is 5.69 Å². The predicted octanol–water partition coefficient (Wildman–Crippen LogP) is 3.05. The average Bonchev–Trinajstić information content (AvgIpc) is 3.51. The van der Waals surface area contributed by atoms with E-state index in [-0.39, 0.29) is 0 Å². The smallest absolute Gasteiger partial charge is 0.245 e. The van der Waals surface area contributed by atoms with Gasteiger partial charge in [0.15, 0.2) is 0 Å². The molecule has 0 spiro atoms. The van der Waals surface area contributed by atoms with Crippen molar-refractivity contribution in [3.8, 4) is 16.9 Å². The van der Waals surface area contributed by atoms with Crippen LogP contribution >= 0.6 is 0 Å². The number of benzene rings is 1. The van der Waals surface area contributed by atoms with Crippen LogP contribution in [-0.2, 0) is 0 Å². The third-order valence-electron chi connectivity index (χ3n) is 7.35. The van der Waals surface area contributed by atoms with Gasteiger partial charge in [0.05, 0.1) is 23.6 Å². The highest BCUT2D eigenvalue weighted by Crippen LogP contribution is 2.35. The molecule has 3 atom stereocenters. The molecule has 6 rings (SSSR count). The normalized spacial score (nSPS) is 23.5. The summed E-state index contributed by atoms with van der Waals surface area (Å²) in [5, 5.41) is 21.7. The molecule has 164 valence electrons. The lowest BCUT2D eigenvalue weighted by molar-refractivity contribution is 0.0556. The van der Waals surface area contributed by atoms with E-state index in [0.717, 1.165) is 27.8 Å². The molecule has 0 saturated carbocycles. The summed E-state index contributed by atoms with van der Waals surface area (Å²) < 4.78 is 1.82. The molecule has 5 heterocycles. The fourth-order valence-corrected chi connectivity index (χ4v) is 5.47. The number of nitrogens with zero attached hydrogens (tertiary/aromatic N) is 8. The average molecular weight is 430 g/mol. The Bertz CT molecular complexity index is 1200. The predicted molar refractivity (Wildman–Crippen MR) is 123 cm³/mol. The lowest BCUT2D eigenvalue weighted by Crippen LogP contribution is -2.55. The van der Waals surface area contributed by atoms with Gasteiger partial charge in [-0.3, -0.25) is 5.10 Å². The second-order valence-electron chi connectivity index (χ2n) is 9.03. The van der Waals surface area contributed by atoms with E-state index < -0.39 is 0 Å². The number of piperidine rings is 2. The largest absolute Gasteiger partial charge is 0.339 e. The Morgan fingerprint density at radius 1 is 1.09 bits per heavy atom. The van der Waals surface area contributed by atoms with Crippen molar-refractivity contribution in [3.63, 3.8) is 0 Å². The molecule has 4 aromatic rings. The molecule has 2 fully saturated rings. The minimum absolute atomic E-state index is 0.461. The molecule has 32 heavy (non-hydrogen) atoms. The number of hydrogen-bond acceptors (Lipinski definition) is 7. The molecule has 2 bridgehead atoms. The van der Waals surface area contributed by atoms with Gasteiger partial charge in [-0.2, -0.15) is 10.2 Å². The number of nitrogens with one attached hydrogen (secondary N) is 1. The molecule has 2 saturated heterocycles. The number of rotatable bonds is 4. The molecule has 0 aliphatic carbocycles. The quantitative estimate of drug-likeness (QED) is 0.533. The van der Waals surface area contributed by atoms with Crippen LogP contribution in [0.3, 0.4) is 0 Å². The van der Waals surface area contributed by atoms with Gasteiger partial charge < -0.3 is 9.80 Å². The Morgan fingerprint density at radius 3 is 2.66 bits per heavy atom.